The Bertz CT molecular complexity index is 702. The number of hydrogen-bond donors (Lipinski definition) is 0. The number of carbonyl (C=O) groups excluding carboxylic acids is 1. The molecular weight excluding hydrogens is 346 g/mol. The summed E-state index contributed by atoms with van der Waals surface area (Å²) in [6, 6.07) is 6.68. The molecule has 0 amide bonds. The van der Waals surface area contributed by atoms with Crippen LogP contribution in [0.1, 0.15) is 15.9 Å². The van der Waals surface area contributed by atoms with E-state index in [-0.39, 0.29) is 15.8 Å². The fraction of sp³-hybridized carbons (Fsp3) is 0.133. The number of ketones is 1. The molecule has 0 spiro atoms. The summed E-state index contributed by atoms with van der Waals surface area (Å²) in [5, 5.41) is 0. The van der Waals surface area contributed by atoms with Crippen molar-refractivity contribution in [3.63, 3.8) is 0 Å². The van der Waals surface area contributed by atoms with Gasteiger partial charge in [-0.05, 0) is 46.3 Å². The summed E-state index contributed by atoms with van der Waals surface area (Å²) in [5.74, 6) is -2.12. The van der Waals surface area contributed by atoms with Gasteiger partial charge in [-0.25, -0.2) is 8.78 Å². The molecule has 0 atom stereocenters. The Kier molecular flexibility index (Phi) is 4.57. The van der Waals surface area contributed by atoms with Crippen LogP contribution in [0.4, 0.5) is 8.78 Å². The molecule has 2 rings (SSSR count). The molecule has 0 aliphatic rings. The minimum absolute atomic E-state index is 0.00844. The van der Waals surface area contributed by atoms with Crippen LogP contribution in [-0.4, -0.2) is 20.0 Å². The number of rotatable bonds is 4. The summed E-state index contributed by atoms with van der Waals surface area (Å²) in [6.07, 6.45) is 0. The zero-order chi connectivity index (χ0) is 15.6. The minimum Gasteiger partial charge on any atom is -0.497 e. The van der Waals surface area contributed by atoms with Gasteiger partial charge in [-0.1, -0.05) is 0 Å². The lowest BCUT2D eigenvalue weighted by molar-refractivity contribution is 0.102. The van der Waals surface area contributed by atoms with Crippen LogP contribution in [0.15, 0.2) is 34.8 Å². The quantitative estimate of drug-likeness (QED) is 0.614. The first-order valence-electron chi connectivity index (χ1n) is 5.89. The number of carbonyl (C=O) groups is 1. The fourth-order valence-electron chi connectivity index (χ4n) is 1.86. The standard InChI is InChI=1S/C15H11BrF2O3/c1-20-8-3-6-12(21-2)9(7-8)15(19)13-11(17)5-4-10(16)14(13)18/h3-7H,1-2H3. The second kappa shape index (κ2) is 6.22. The van der Waals surface area contributed by atoms with Gasteiger partial charge in [0.25, 0.3) is 0 Å². The lowest BCUT2D eigenvalue weighted by Crippen LogP contribution is -2.10. The predicted molar refractivity (Wildman–Crippen MR) is 77.0 cm³/mol. The third-order valence-electron chi connectivity index (χ3n) is 2.92. The van der Waals surface area contributed by atoms with Gasteiger partial charge in [0.15, 0.2) is 5.82 Å². The lowest BCUT2D eigenvalue weighted by atomic mass is 10.0. The third-order valence-corrected chi connectivity index (χ3v) is 3.53. The largest absolute Gasteiger partial charge is 0.497 e. The van der Waals surface area contributed by atoms with E-state index in [2.05, 4.69) is 15.9 Å². The van der Waals surface area contributed by atoms with Crippen LogP contribution in [0.3, 0.4) is 0 Å². The van der Waals surface area contributed by atoms with Gasteiger partial charge in [-0.2, -0.15) is 0 Å². The Balaban J connectivity index is 2.62. The molecule has 6 heteroatoms. The van der Waals surface area contributed by atoms with E-state index < -0.39 is 23.0 Å². The summed E-state index contributed by atoms with van der Waals surface area (Å²) in [4.78, 5) is 12.5. The molecule has 0 saturated heterocycles. The molecule has 0 aliphatic carbocycles. The molecule has 110 valence electrons. The van der Waals surface area contributed by atoms with Gasteiger partial charge in [0.2, 0.25) is 5.78 Å². The average Bonchev–Trinajstić information content (AvgIpc) is 2.50. The summed E-state index contributed by atoms with van der Waals surface area (Å²) >= 11 is 2.93. The van der Waals surface area contributed by atoms with Crippen molar-refractivity contribution >= 4 is 21.7 Å². The van der Waals surface area contributed by atoms with E-state index in [9.17, 15) is 13.6 Å². The maximum Gasteiger partial charge on any atom is 0.202 e. The van der Waals surface area contributed by atoms with Crippen LogP contribution in [-0.2, 0) is 0 Å². The number of hydrogen-bond acceptors (Lipinski definition) is 3. The fourth-order valence-corrected chi connectivity index (χ4v) is 2.19. The molecular formula is C15H11BrF2O3. The van der Waals surface area contributed by atoms with Gasteiger partial charge < -0.3 is 9.47 Å². The zero-order valence-electron chi connectivity index (χ0n) is 11.2. The van der Waals surface area contributed by atoms with Crippen LogP contribution >= 0.6 is 15.9 Å². The molecule has 2 aromatic carbocycles. The molecule has 21 heavy (non-hydrogen) atoms. The smallest absolute Gasteiger partial charge is 0.202 e. The van der Waals surface area contributed by atoms with Crippen molar-refractivity contribution in [3.05, 3.63) is 57.6 Å². The third kappa shape index (κ3) is 2.90. The molecule has 0 fully saturated rings. The number of methoxy groups -OCH3 is 2. The van der Waals surface area contributed by atoms with Crippen molar-refractivity contribution in [2.45, 2.75) is 0 Å². The molecule has 0 N–H and O–H groups in total. The molecule has 0 aliphatic heterocycles. The van der Waals surface area contributed by atoms with Crippen LogP contribution in [0.2, 0.25) is 0 Å². The summed E-state index contributed by atoms with van der Waals surface area (Å²) in [7, 11) is 2.79. The molecule has 0 heterocycles. The van der Waals surface area contributed by atoms with Gasteiger partial charge in [0.1, 0.15) is 17.3 Å². The Labute approximate surface area is 128 Å². The molecule has 0 saturated carbocycles. The van der Waals surface area contributed by atoms with Gasteiger partial charge in [0, 0.05) is 0 Å². The molecule has 0 aromatic heterocycles. The van der Waals surface area contributed by atoms with Crippen molar-refractivity contribution in [3.8, 4) is 11.5 Å². The van der Waals surface area contributed by atoms with Crippen molar-refractivity contribution in [2.75, 3.05) is 14.2 Å². The number of benzene rings is 2. The number of halogens is 3. The first-order chi connectivity index (χ1) is 9.99. The maximum absolute atomic E-state index is 14.0. The highest BCUT2D eigenvalue weighted by atomic mass is 79.9. The monoisotopic (exact) mass is 356 g/mol. The Morgan fingerprint density at radius 1 is 1.10 bits per heavy atom. The van der Waals surface area contributed by atoms with Crippen molar-refractivity contribution < 1.29 is 23.0 Å². The first-order valence-corrected chi connectivity index (χ1v) is 6.69. The number of ether oxygens (including phenoxy) is 2. The van der Waals surface area contributed by atoms with E-state index in [4.69, 9.17) is 9.47 Å². The molecule has 0 radical (unpaired) electrons. The van der Waals surface area contributed by atoms with E-state index in [0.717, 1.165) is 6.07 Å². The Hall–Kier alpha value is -1.95. The molecule has 0 unspecified atom stereocenters. The second-order valence-corrected chi connectivity index (χ2v) is 4.97. The zero-order valence-corrected chi connectivity index (χ0v) is 12.8. The van der Waals surface area contributed by atoms with Crippen LogP contribution in [0.25, 0.3) is 0 Å². The normalized spacial score (nSPS) is 10.3. The average molecular weight is 357 g/mol. The van der Waals surface area contributed by atoms with Crippen molar-refractivity contribution in [1.29, 1.82) is 0 Å². The van der Waals surface area contributed by atoms with Crippen LogP contribution in [0.5, 0.6) is 11.5 Å². The van der Waals surface area contributed by atoms with Gasteiger partial charge in [0.05, 0.1) is 29.8 Å². The van der Waals surface area contributed by atoms with E-state index in [0.29, 0.717) is 5.75 Å². The Morgan fingerprint density at radius 2 is 1.81 bits per heavy atom. The first kappa shape index (κ1) is 15.4. The highest BCUT2D eigenvalue weighted by molar-refractivity contribution is 9.10. The summed E-state index contributed by atoms with van der Waals surface area (Å²) in [5.41, 5.74) is -0.622. The highest BCUT2D eigenvalue weighted by Gasteiger charge is 2.24. The predicted octanol–water partition coefficient (Wildman–Crippen LogP) is 3.98. The van der Waals surface area contributed by atoms with Crippen molar-refractivity contribution in [1.82, 2.24) is 0 Å². The van der Waals surface area contributed by atoms with Crippen molar-refractivity contribution in [2.24, 2.45) is 0 Å². The summed E-state index contributed by atoms with van der Waals surface area (Å²) < 4.78 is 38.0. The van der Waals surface area contributed by atoms with E-state index in [1.54, 1.807) is 6.07 Å². The van der Waals surface area contributed by atoms with Gasteiger partial charge in [-0.3, -0.25) is 4.79 Å². The topological polar surface area (TPSA) is 35.5 Å². The molecule has 0 bridgehead atoms. The van der Waals surface area contributed by atoms with E-state index >= 15 is 0 Å². The SMILES string of the molecule is COc1ccc(OC)c(C(=O)c2c(F)ccc(Br)c2F)c1. The maximum atomic E-state index is 14.0. The van der Waals surface area contributed by atoms with Gasteiger partial charge >= 0.3 is 0 Å². The van der Waals surface area contributed by atoms with E-state index in [1.165, 1.54) is 32.4 Å². The minimum atomic E-state index is -0.954. The summed E-state index contributed by atoms with van der Waals surface area (Å²) in [6.45, 7) is 0. The Morgan fingerprint density at radius 3 is 2.43 bits per heavy atom. The van der Waals surface area contributed by atoms with E-state index in [1.807, 2.05) is 0 Å². The van der Waals surface area contributed by atoms with Crippen LogP contribution in [0, 0.1) is 11.6 Å². The molecule has 3 nitrogen and oxygen atoms in total. The van der Waals surface area contributed by atoms with Gasteiger partial charge in [-0.15, -0.1) is 0 Å². The molecule has 2 aromatic rings. The van der Waals surface area contributed by atoms with Crippen LogP contribution < -0.4 is 9.47 Å². The second-order valence-electron chi connectivity index (χ2n) is 4.11. The highest BCUT2D eigenvalue weighted by Crippen LogP contribution is 2.30. The lowest BCUT2D eigenvalue weighted by Gasteiger charge is -2.11.